The van der Waals surface area contributed by atoms with Crippen LogP contribution in [0, 0.1) is 28.6 Å². The minimum absolute atomic E-state index is 0.112. The molecule has 5 atom stereocenters. The van der Waals surface area contributed by atoms with Gasteiger partial charge in [-0.15, -0.1) is 6.58 Å². The van der Waals surface area contributed by atoms with Gasteiger partial charge in [-0.05, 0) is 48.3 Å². The normalized spacial score (nSPS) is 29.3. The summed E-state index contributed by atoms with van der Waals surface area (Å²) in [5, 5.41) is 7.26. The van der Waals surface area contributed by atoms with Crippen molar-refractivity contribution in [3.63, 3.8) is 0 Å². The molecule has 240 valence electrons. The van der Waals surface area contributed by atoms with E-state index >= 15 is 0 Å². The van der Waals surface area contributed by atoms with Crippen molar-refractivity contribution >= 4 is 29.5 Å². The standard InChI is InChI=1S/C30H44F3N5O5/c1-7-27(5,6)17-13-18(23(41)36-29(14-16-9-8-10-16)19(21(29)39)22(34)40)38(15-17)24(42)20(26(2,3)4)35-25(43)37-28(11-12-28)30(31,32)33/h7,16-20H,1,8-15H2,2-6H3,(H2,34,40)(H,36,41)(H2,35,37,43)/t17?,18?,19?,20-,29?/m1/s1. The summed E-state index contributed by atoms with van der Waals surface area (Å²) in [6, 6.07) is -3.46. The van der Waals surface area contributed by atoms with Crippen LogP contribution < -0.4 is 21.7 Å². The number of likely N-dealkylation sites (tertiary alicyclic amines) is 1. The second kappa shape index (κ2) is 10.8. The van der Waals surface area contributed by atoms with Crippen LogP contribution in [0.2, 0.25) is 0 Å². The molecular formula is C30H44F3N5O5. The van der Waals surface area contributed by atoms with Crippen LogP contribution in [0.25, 0.3) is 0 Å². The SMILES string of the molecule is C=CC(C)(C)C1CC(C(=O)NC2(CC3CCC3)C(=O)C2C(N)=O)N(C(=O)[C@@H](NC(=O)NC2(C(F)(F)F)CC2)C(C)(C)C)C1. The number of rotatable bonds is 10. The number of carbonyl (C=O) groups excluding carboxylic acids is 5. The van der Waals surface area contributed by atoms with Gasteiger partial charge in [0.1, 0.15) is 29.1 Å². The third-order valence-electron chi connectivity index (χ3n) is 10.1. The van der Waals surface area contributed by atoms with Crippen LogP contribution in [0.15, 0.2) is 12.7 Å². The number of carbonyl (C=O) groups is 5. The number of nitrogens with one attached hydrogen (secondary N) is 3. The smallest absolute Gasteiger partial charge is 0.369 e. The molecule has 4 rings (SSSR count). The second-order valence-corrected chi connectivity index (χ2v) is 14.6. The number of hydrogen-bond acceptors (Lipinski definition) is 5. The van der Waals surface area contributed by atoms with Gasteiger partial charge in [0, 0.05) is 6.54 Å². The molecule has 0 bridgehead atoms. The Labute approximate surface area is 250 Å². The van der Waals surface area contributed by atoms with Gasteiger partial charge in [0.2, 0.25) is 17.7 Å². The molecule has 5 amide bonds. The maximum absolute atomic E-state index is 14.1. The first-order chi connectivity index (χ1) is 19.7. The number of ketones is 1. The van der Waals surface area contributed by atoms with Crippen LogP contribution in [-0.4, -0.2) is 70.3 Å². The molecule has 4 unspecified atom stereocenters. The number of halogens is 3. The molecule has 4 fully saturated rings. The third-order valence-corrected chi connectivity index (χ3v) is 10.1. The number of hydrogen-bond donors (Lipinski definition) is 4. The second-order valence-electron chi connectivity index (χ2n) is 14.6. The zero-order valence-corrected chi connectivity index (χ0v) is 25.5. The van der Waals surface area contributed by atoms with Crippen molar-refractivity contribution in [2.75, 3.05) is 6.54 Å². The van der Waals surface area contributed by atoms with E-state index in [4.69, 9.17) is 5.73 Å². The fourth-order valence-electron chi connectivity index (χ4n) is 6.41. The quantitative estimate of drug-likeness (QED) is 0.221. The van der Waals surface area contributed by atoms with Crippen LogP contribution >= 0.6 is 0 Å². The van der Waals surface area contributed by atoms with E-state index in [0.717, 1.165) is 19.3 Å². The van der Waals surface area contributed by atoms with Crippen molar-refractivity contribution in [3.8, 4) is 0 Å². The molecule has 13 heteroatoms. The number of Topliss-reactive ketones (excluding diaryl/α,β-unsaturated/α-hetero) is 1. The van der Waals surface area contributed by atoms with E-state index in [0.29, 0.717) is 6.42 Å². The van der Waals surface area contributed by atoms with Gasteiger partial charge in [-0.3, -0.25) is 19.2 Å². The Bertz CT molecular complexity index is 1200. The summed E-state index contributed by atoms with van der Waals surface area (Å²) in [6.07, 6.45) is -0.167. The van der Waals surface area contributed by atoms with Gasteiger partial charge in [0.05, 0.1) is 0 Å². The average molecular weight is 612 g/mol. The number of alkyl halides is 3. The molecular weight excluding hydrogens is 567 g/mol. The fourth-order valence-corrected chi connectivity index (χ4v) is 6.41. The third kappa shape index (κ3) is 6.13. The zero-order valence-electron chi connectivity index (χ0n) is 25.5. The van der Waals surface area contributed by atoms with Crippen molar-refractivity contribution in [1.29, 1.82) is 0 Å². The van der Waals surface area contributed by atoms with Crippen molar-refractivity contribution < 1.29 is 37.1 Å². The number of nitrogens with zero attached hydrogens (tertiary/aromatic N) is 1. The molecule has 1 heterocycles. The van der Waals surface area contributed by atoms with E-state index in [-0.39, 0.29) is 37.6 Å². The minimum Gasteiger partial charge on any atom is -0.369 e. The maximum atomic E-state index is 14.1. The Kier molecular flexibility index (Phi) is 8.23. The first kappa shape index (κ1) is 32.8. The summed E-state index contributed by atoms with van der Waals surface area (Å²) in [4.78, 5) is 67.2. The minimum atomic E-state index is -4.63. The highest BCUT2D eigenvalue weighted by atomic mass is 19.4. The monoisotopic (exact) mass is 611 g/mol. The molecule has 0 aromatic rings. The fraction of sp³-hybridized carbons (Fsp3) is 0.767. The number of primary amides is 1. The summed E-state index contributed by atoms with van der Waals surface area (Å²) in [5.41, 5.74) is 0.333. The molecule has 43 heavy (non-hydrogen) atoms. The maximum Gasteiger partial charge on any atom is 0.411 e. The lowest BCUT2D eigenvalue weighted by Crippen LogP contribution is -2.61. The Morgan fingerprint density at radius 2 is 1.70 bits per heavy atom. The van der Waals surface area contributed by atoms with Gasteiger partial charge in [0.15, 0.2) is 5.78 Å². The lowest BCUT2D eigenvalue weighted by atomic mass is 9.77. The van der Waals surface area contributed by atoms with Crippen molar-refractivity contribution in [3.05, 3.63) is 12.7 Å². The molecule has 0 radical (unpaired) electrons. The highest BCUT2D eigenvalue weighted by Crippen LogP contribution is 2.50. The molecule has 1 aliphatic heterocycles. The van der Waals surface area contributed by atoms with Crippen LogP contribution in [0.5, 0.6) is 0 Å². The van der Waals surface area contributed by atoms with E-state index in [1.54, 1.807) is 26.8 Å². The van der Waals surface area contributed by atoms with Gasteiger partial charge < -0.3 is 26.6 Å². The molecule has 4 aliphatic rings. The van der Waals surface area contributed by atoms with E-state index in [9.17, 15) is 37.1 Å². The molecule has 3 aliphatic carbocycles. The van der Waals surface area contributed by atoms with Crippen LogP contribution in [0.1, 0.15) is 79.6 Å². The highest BCUT2D eigenvalue weighted by molar-refractivity contribution is 6.23. The number of allylic oxidation sites excluding steroid dienone is 1. The number of nitrogens with two attached hydrogens (primary N) is 1. The Morgan fingerprint density at radius 1 is 1.09 bits per heavy atom. The molecule has 0 aromatic heterocycles. The van der Waals surface area contributed by atoms with Gasteiger partial charge in [-0.2, -0.15) is 13.2 Å². The predicted molar refractivity (Wildman–Crippen MR) is 151 cm³/mol. The van der Waals surface area contributed by atoms with E-state index in [1.807, 2.05) is 19.2 Å². The van der Waals surface area contributed by atoms with Crippen molar-refractivity contribution in [2.24, 2.45) is 34.3 Å². The Balaban J connectivity index is 1.59. The van der Waals surface area contributed by atoms with Crippen molar-refractivity contribution in [1.82, 2.24) is 20.9 Å². The molecule has 1 saturated heterocycles. The van der Waals surface area contributed by atoms with Crippen LogP contribution in [0.4, 0.5) is 18.0 Å². The van der Waals surface area contributed by atoms with Crippen LogP contribution in [0.3, 0.4) is 0 Å². The summed E-state index contributed by atoms with van der Waals surface area (Å²) in [7, 11) is 0. The summed E-state index contributed by atoms with van der Waals surface area (Å²) < 4.78 is 40.5. The topological polar surface area (TPSA) is 151 Å². The van der Waals surface area contributed by atoms with Crippen LogP contribution in [-0.2, 0) is 19.2 Å². The van der Waals surface area contributed by atoms with Gasteiger partial charge in [-0.1, -0.05) is 60.0 Å². The molecule has 0 spiro atoms. The van der Waals surface area contributed by atoms with Gasteiger partial charge >= 0.3 is 12.2 Å². The summed E-state index contributed by atoms with van der Waals surface area (Å²) >= 11 is 0. The van der Waals surface area contributed by atoms with E-state index in [2.05, 4.69) is 17.2 Å². The van der Waals surface area contributed by atoms with E-state index < -0.39 is 75.6 Å². The zero-order chi connectivity index (χ0) is 32.3. The lowest BCUT2D eigenvalue weighted by molar-refractivity contribution is -0.162. The first-order valence-electron chi connectivity index (χ1n) is 14.9. The lowest BCUT2D eigenvalue weighted by Gasteiger charge is -2.36. The molecule has 0 aromatic carbocycles. The van der Waals surface area contributed by atoms with E-state index in [1.165, 1.54) is 4.90 Å². The highest BCUT2D eigenvalue weighted by Gasteiger charge is 2.70. The molecule has 10 nitrogen and oxygen atoms in total. The first-order valence-corrected chi connectivity index (χ1v) is 14.9. The average Bonchev–Trinajstić information content (AvgIpc) is 3.68. The molecule has 5 N–H and O–H groups in total. The molecule has 3 saturated carbocycles. The van der Waals surface area contributed by atoms with Gasteiger partial charge in [-0.25, -0.2) is 4.79 Å². The Morgan fingerprint density at radius 3 is 2.12 bits per heavy atom. The summed E-state index contributed by atoms with van der Waals surface area (Å²) in [5.74, 6) is -3.71. The van der Waals surface area contributed by atoms with Crippen molar-refractivity contribution in [2.45, 2.75) is 109 Å². The number of amides is 5. The van der Waals surface area contributed by atoms with Gasteiger partial charge in [0.25, 0.3) is 0 Å². The largest absolute Gasteiger partial charge is 0.411 e. The number of urea groups is 1. The predicted octanol–water partition coefficient (Wildman–Crippen LogP) is 2.95. The summed E-state index contributed by atoms with van der Waals surface area (Å²) in [6.45, 7) is 12.8. The Hall–Kier alpha value is -3.12.